The zero-order chi connectivity index (χ0) is 19.9. The van der Waals surface area contributed by atoms with Crippen molar-refractivity contribution in [3.63, 3.8) is 0 Å². The Morgan fingerprint density at radius 1 is 1.04 bits per heavy atom. The molecule has 0 aliphatic carbocycles. The fourth-order valence-electron chi connectivity index (χ4n) is 3.18. The number of carbonyl (C=O) groups excluding carboxylic acids is 1. The number of hydrogen-bond donors (Lipinski definition) is 0. The van der Waals surface area contributed by atoms with E-state index in [-0.39, 0.29) is 5.91 Å². The number of carbonyl (C=O) groups is 1. The second kappa shape index (κ2) is 9.47. The first-order valence-electron chi connectivity index (χ1n) is 9.30. The maximum absolute atomic E-state index is 12.7. The summed E-state index contributed by atoms with van der Waals surface area (Å²) in [6, 6.07) is 22.0. The van der Waals surface area contributed by atoms with Crippen molar-refractivity contribution < 1.29 is 9.53 Å². The molecule has 0 saturated heterocycles. The molecule has 0 saturated carbocycles. The van der Waals surface area contributed by atoms with E-state index < -0.39 is 5.38 Å². The van der Waals surface area contributed by atoms with E-state index in [1.165, 1.54) is 0 Å². The average molecular weight is 397 g/mol. The van der Waals surface area contributed by atoms with Crippen molar-refractivity contribution in [3.8, 4) is 5.75 Å². The van der Waals surface area contributed by atoms with Gasteiger partial charge in [0.15, 0.2) is 0 Å². The van der Waals surface area contributed by atoms with Gasteiger partial charge in [0.05, 0.1) is 13.7 Å². The number of hydrogen-bond acceptors (Lipinski definition) is 2. The molecule has 0 N–H and O–H groups in total. The van der Waals surface area contributed by atoms with Crippen LogP contribution in [0.5, 0.6) is 5.75 Å². The molecule has 0 unspecified atom stereocenters. The summed E-state index contributed by atoms with van der Waals surface area (Å²) >= 11 is 6.12. The Morgan fingerprint density at radius 3 is 2.50 bits per heavy atom. The van der Waals surface area contributed by atoms with Crippen LogP contribution in [0.15, 0.2) is 72.9 Å². The van der Waals surface area contributed by atoms with E-state index in [1.54, 1.807) is 14.0 Å². The lowest BCUT2D eigenvalue weighted by molar-refractivity contribution is -0.131. The summed E-state index contributed by atoms with van der Waals surface area (Å²) in [6.07, 6.45) is 2.03. The van der Waals surface area contributed by atoms with Gasteiger partial charge in [-0.15, -0.1) is 11.6 Å². The van der Waals surface area contributed by atoms with Gasteiger partial charge in [0, 0.05) is 25.0 Å². The Kier molecular flexibility index (Phi) is 6.77. The van der Waals surface area contributed by atoms with E-state index in [0.717, 1.165) is 22.6 Å². The maximum atomic E-state index is 12.7. The highest BCUT2D eigenvalue weighted by Crippen LogP contribution is 2.18. The van der Waals surface area contributed by atoms with Crippen LogP contribution in [-0.4, -0.2) is 27.9 Å². The molecule has 0 aliphatic rings. The Morgan fingerprint density at radius 2 is 1.79 bits per heavy atom. The van der Waals surface area contributed by atoms with Gasteiger partial charge in [-0.3, -0.25) is 4.79 Å². The van der Waals surface area contributed by atoms with Crippen LogP contribution in [0.2, 0.25) is 0 Å². The van der Waals surface area contributed by atoms with Crippen molar-refractivity contribution in [1.29, 1.82) is 0 Å². The quantitative estimate of drug-likeness (QED) is 0.517. The highest BCUT2D eigenvalue weighted by Gasteiger charge is 2.20. The second-order valence-electron chi connectivity index (χ2n) is 6.77. The zero-order valence-electron chi connectivity index (χ0n) is 16.2. The lowest BCUT2D eigenvalue weighted by Crippen LogP contribution is -2.35. The van der Waals surface area contributed by atoms with Gasteiger partial charge in [-0.05, 0) is 42.3 Å². The molecule has 2 aromatic carbocycles. The summed E-state index contributed by atoms with van der Waals surface area (Å²) in [7, 11) is 1.67. The molecule has 3 rings (SSSR count). The molecule has 1 heterocycles. The third-order valence-electron chi connectivity index (χ3n) is 4.63. The molecule has 0 bridgehead atoms. The number of amides is 1. The molecule has 0 fully saturated rings. The first-order valence-corrected chi connectivity index (χ1v) is 9.74. The van der Waals surface area contributed by atoms with E-state index in [2.05, 4.69) is 10.6 Å². The molecule has 0 spiro atoms. The molecule has 3 aromatic rings. The molecule has 0 radical (unpaired) electrons. The molecule has 1 amide bonds. The first-order chi connectivity index (χ1) is 13.6. The van der Waals surface area contributed by atoms with E-state index in [4.69, 9.17) is 16.3 Å². The largest absolute Gasteiger partial charge is 0.497 e. The zero-order valence-corrected chi connectivity index (χ0v) is 17.0. The predicted molar refractivity (Wildman–Crippen MR) is 113 cm³/mol. The van der Waals surface area contributed by atoms with Crippen molar-refractivity contribution in [1.82, 2.24) is 9.47 Å². The number of aromatic nitrogens is 1. The Bertz CT molecular complexity index is 906. The molecule has 5 heteroatoms. The number of rotatable bonds is 8. The fourth-order valence-corrected chi connectivity index (χ4v) is 3.32. The number of halogens is 1. The van der Waals surface area contributed by atoms with E-state index in [0.29, 0.717) is 19.6 Å². The number of benzene rings is 2. The van der Waals surface area contributed by atoms with Gasteiger partial charge in [0.1, 0.15) is 11.1 Å². The number of nitrogens with zero attached hydrogens (tertiary/aromatic N) is 2. The van der Waals surface area contributed by atoms with Gasteiger partial charge in [-0.2, -0.15) is 0 Å². The molecule has 1 atom stereocenters. The van der Waals surface area contributed by atoms with Crippen molar-refractivity contribution in [2.75, 3.05) is 7.11 Å². The van der Waals surface area contributed by atoms with Crippen LogP contribution in [0, 0.1) is 0 Å². The standard InChI is InChI=1S/C23H25ClN2O2/c1-18(24)23(27)26(15-19-8-4-3-5-9-19)17-21-11-7-13-25(21)16-20-10-6-12-22(14-20)28-2/h3-14,18H,15-17H2,1-2H3/t18-/m1/s1. The third-order valence-corrected chi connectivity index (χ3v) is 4.82. The number of methoxy groups -OCH3 is 1. The highest BCUT2D eigenvalue weighted by atomic mass is 35.5. The number of ether oxygens (including phenoxy) is 1. The minimum atomic E-state index is -0.564. The van der Waals surface area contributed by atoms with Crippen LogP contribution in [0.1, 0.15) is 23.7 Å². The Labute approximate surface area is 171 Å². The molecular formula is C23H25ClN2O2. The van der Waals surface area contributed by atoms with E-state index >= 15 is 0 Å². The van der Waals surface area contributed by atoms with Crippen LogP contribution in [0.3, 0.4) is 0 Å². The molecule has 1 aromatic heterocycles. The predicted octanol–water partition coefficient (Wildman–Crippen LogP) is 4.70. The summed E-state index contributed by atoms with van der Waals surface area (Å²) < 4.78 is 7.47. The minimum Gasteiger partial charge on any atom is -0.497 e. The van der Waals surface area contributed by atoms with E-state index in [1.807, 2.05) is 71.8 Å². The summed E-state index contributed by atoms with van der Waals surface area (Å²) in [4.78, 5) is 14.5. The fraction of sp³-hybridized carbons (Fsp3) is 0.261. The monoisotopic (exact) mass is 396 g/mol. The molecular weight excluding hydrogens is 372 g/mol. The van der Waals surface area contributed by atoms with Crippen LogP contribution in [0.4, 0.5) is 0 Å². The third kappa shape index (κ3) is 5.17. The van der Waals surface area contributed by atoms with Crippen LogP contribution in [0.25, 0.3) is 0 Å². The van der Waals surface area contributed by atoms with Crippen molar-refractivity contribution in [2.24, 2.45) is 0 Å². The van der Waals surface area contributed by atoms with Gasteiger partial charge >= 0.3 is 0 Å². The molecule has 0 aliphatic heterocycles. The van der Waals surface area contributed by atoms with Crippen molar-refractivity contribution in [3.05, 3.63) is 89.7 Å². The van der Waals surface area contributed by atoms with Crippen LogP contribution < -0.4 is 4.74 Å². The summed E-state index contributed by atoms with van der Waals surface area (Å²) in [5, 5.41) is -0.564. The highest BCUT2D eigenvalue weighted by molar-refractivity contribution is 6.30. The summed E-state index contributed by atoms with van der Waals surface area (Å²) in [5.74, 6) is 0.766. The van der Waals surface area contributed by atoms with Gasteiger partial charge < -0.3 is 14.2 Å². The van der Waals surface area contributed by atoms with Gasteiger partial charge in [-0.25, -0.2) is 0 Å². The first kappa shape index (κ1) is 20.0. The number of alkyl halides is 1. The molecule has 4 nitrogen and oxygen atoms in total. The smallest absolute Gasteiger partial charge is 0.240 e. The van der Waals surface area contributed by atoms with Gasteiger partial charge in [0.2, 0.25) is 5.91 Å². The second-order valence-corrected chi connectivity index (χ2v) is 7.43. The molecule has 146 valence electrons. The lowest BCUT2D eigenvalue weighted by Gasteiger charge is -2.25. The van der Waals surface area contributed by atoms with Crippen LogP contribution in [-0.2, 0) is 24.4 Å². The van der Waals surface area contributed by atoms with Crippen LogP contribution >= 0.6 is 11.6 Å². The summed E-state index contributed by atoms with van der Waals surface area (Å²) in [5.41, 5.74) is 3.28. The lowest BCUT2D eigenvalue weighted by atomic mass is 10.2. The van der Waals surface area contributed by atoms with Crippen molar-refractivity contribution in [2.45, 2.75) is 31.9 Å². The summed E-state index contributed by atoms with van der Waals surface area (Å²) in [6.45, 7) is 3.46. The maximum Gasteiger partial charge on any atom is 0.240 e. The van der Waals surface area contributed by atoms with Gasteiger partial charge in [0.25, 0.3) is 0 Å². The van der Waals surface area contributed by atoms with E-state index in [9.17, 15) is 4.79 Å². The van der Waals surface area contributed by atoms with Gasteiger partial charge in [-0.1, -0.05) is 42.5 Å². The minimum absolute atomic E-state index is 0.0698. The average Bonchev–Trinajstić information content (AvgIpc) is 3.14. The normalized spacial score (nSPS) is 11.8. The molecule has 28 heavy (non-hydrogen) atoms. The topological polar surface area (TPSA) is 34.5 Å². The Hall–Kier alpha value is -2.72. The van der Waals surface area contributed by atoms with Crippen molar-refractivity contribution >= 4 is 17.5 Å². The SMILES string of the molecule is COc1cccc(Cn2cccc2CN(Cc2ccccc2)C(=O)[C@@H](C)Cl)c1. The Balaban J connectivity index is 1.79.